The van der Waals surface area contributed by atoms with Gasteiger partial charge in [-0.25, -0.2) is 4.79 Å². The Morgan fingerprint density at radius 3 is 2.64 bits per heavy atom. The molecule has 82 valence electrons. The largest absolute Gasteiger partial charge is 0.441 e. The highest BCUT2D eigenvalue weighted by Crippen LogP contribution is 2.23. The maximum atomic E-state index is 11.5. The molecule has 1 aliphatic heterocycles. The maximum absolute atomic E-state index is 11.5. The van der Waals surface area contributed by atoms with Crippen LogP contribution in [0.5, 0.6) is 0 Å². The normalized spacial score (nSPS) is 22.3. The van der Waals surface area contributed by atoms with Crippen LogP contribution in [-0.4, -0.2) is 41.2 Å². The fourth-order valence-electron chi connectivity index (χ4n) is 1.61. The number of nitrogens with zero attached hydrogens (tertiary/aromatic N) is 1. The minimum atomic E-state index is -0.312. The molecule has 0 spiro atoms. The summed E-state index contributed by atoms with van der Waals surface area (Å²) in [5.74, 6) is 0. The second-order valence-electron chi connectivity index (χ2n) is 4.27. The number of carbonyl (C=O) groups excluding carboxylic acids is 1. The summed E-state index contributed by atoms with van der Waals surface area (Å²) in [6.45, 7) is 7.56. The predicted molar refractivity (Wildman–Crippen MR) is 59.7 cm³/mol. The van der Waals surface area contributed by atoms with Crippen molar-refractivity contribution in [1.29, 1.82) is 0 Å². The van der Waals surface area contributed by atoms with Gasteiger partial charge in [0, 0.05) is 11.8 Å². The molecule has 1 rings (SSSR count). The van der Waals surface area contributed by atoms with E-state index in [1.54, 1.807) is 0 Å². The first-order chi connectivity index (χ1) is 6.48. The number of ether oxygens (including phenoxy) is 1. The van der Waals surface area contributed by atoms with Gasteiger partial charge < -0.3 is 9.64 Å². The van der Waals surface area contributed by atoms with Crippen LogP contribution in [0.2, 0.25) is 0 Å². The van der Waals surface area contributed by atoms with E-state index in [2.05, 4.69) is 13.2 Å². The quantitative estimate of drug-likeness (QED) is 0.724. The van der Waals surface area contributed by atoms with Gasteiger partial charge in [0.15, 0.2) is 0 Å². The Morgan fingerprint density at radius 1 is 1.64 bits per heavy atom. The number of hydrogen-bond donors (Lipinski definition) is 0. The monoisotopic (exact) mass is 217 g/mol. The zero-order valence-electron chi connectivity index (χ0n) is 9.37. The zero-order valence-corrected chi connectivity index (χ0v) is 10.2. The van der Waals surface area contributed by atoms with Crippen LogP contribution in [0.3, 0.4) is 0 Å². The van der Waals surface area contributed by atoms with Crippen LogP contribution >= 0.6 is 11.8 Å². The first-order valence-electron chi connectivity index (χ1n) is 4.99. The zero-order chi connectivity index (χ0) is 10.8. The molecule has 1 fully saturated rings. The smallest absolute Gasteiger partial charge is 0.410 e. The predicted octanol–water partition coefficient (Wildman–Crippen LogP) is 2.36. The third-order valence-corrected chi connectivity index (χ3v) is 3.56. The van der Waals surface area contributed by atoms with E-state index >= 15 is 0 Å². The molecule has 1 aliphatic rings. The van der Waals surface area contributed by atoms with Crippen LogP contribution in [0, 0.1) is 0 Å². The first-order valence-corrected chi connectivity index (χ1v) is 6.28. The van der Waals surface area contributed by atoms with Crippen molar-refractivity contribution in [3.05, 3.63) is 0 Å². The topological polar surface area (TPSA) is 29.5 Å². The molecule has 0 aromatic heterocycles. The Bertz CT molecular complexity index is 214. The van der Waals surface area contributed by atoms with E-state index in [-0.39, 0.29) is 11.7 Å². The third-order valence-electron chi connectivity index (χ3n) is 2.41. The van der Waals surface area contributed by atoms with Crippen molar-refractivity contribution in [3.8, 4) is 0 Å². The van der Waals surface area contributed by atoms with Crippen LogP contribution in [0.1, 0.15) is 27.2 Å². The lowest BCUT2D eigenvalue weighted by molar-refractivity contribution is 0.0859. The molecule has 0 aliphatic carbocycles. The second-order valence-corrected chi connectivity index (χ2v) is 5.41. The van der Waals surface area contributed by atoms with Crippen LogP contribution in [0.4, 0.5) is 4.79 Å². The summed E-state index contributed by atoms with van der Waals surface area (Å²) in [6, 6.07) is 0. The van der Waals surface area contributed by atoms with E-state index in [1.165, 1.54) is 0 Å². The Hall–Kier alpha value is -0.380. The SMILES string of the molecule is CC[C@@H](CN1CC(C)(C)OC1=O)SC. The van der Waals surface area contributed by atoms with Crippen molar-refractivity contribution in [2.24, 2.45) is 0 Å². The molecule has 0 aromatic rings. The van der Waals surface area contributed by atoms with Gasteiger partial charge in [-0.05, 0) is 26.5 Å². The van der Waals surface area contributed by atoms with E-state index in [9.17, 15) is 4.79 Å². The molecule has 0 unspecified atom stereocenters. The van der Waals surface area contributed by atoms with Gasteiger partial charge in [0.2, 0.25) is 0 Å². The summed E-state index contributed by atoms with van der Waals surface area (Å²) < 4.78 is 5.23. The number of rotatable bonds is 4. The van der Waals surface area contributed by atoms with Crippen molar-refractivity contribution in [2.75, 3.05) is 19.3 Å². The summed E-state index contributed by atoms with van der Waals surface area (Å²) >= 11 is 1.81. The fourth-order valence-corrected chi connectivity index (χ4v) is 2.27. The van der Waals surface area contributed by atoms with E-state index < -0.39 is 0 Å². The molecule has 0 saturated carbocycles. The molecule has 14 heavy (non-hydrogen) atoms. The summed E-state index contributed by atoms with van der Waals surface area (Å²) in [5, 5.41) is 0.524. The Balaban J connectivity index is 2.50. The van der Waals surface area contributed by atoms with Crippen LogP contribution in [0.15, 0.2) is 0 Å². The van der Waals surface area contributed by atoms with Crippen molar-refractivity contribution < 1.29 is 9.53 Å². The average molecular weight is 217 g/mol. The van der Waals surface area contributed by atoms with E-state index in [1.807, 2.05) is 30.5 Å². The van der Waals surface area contributed by atoms with Crippen LogP contribution in [0.25, 0.3) is 0 Å². The fraction of sp³-hybridized carbons (Fsp3) is 0.900. The number of thioether (sulfide) groups is 1. The molecule has 0 radical (unpaired) electrons. The van der Waals surface area contributed by atoms with Gasteiger partial charge in [-0.3, -0.25) is 0 Å². The lowest BCUT2D eigenvalue weighted by Gasteiger charge is -2.20. The van der Waals surface area contributed by atoms with Gasteiger partial charge in [-0.1, -0.05) is 6.92 Å². The molecule has 1 amide bonds. The summed E-state index contributed by atoms with van der Waals surface area (Å²) in [7, 11) is 0. The Morgan fingerprint density at radius 2 is 2.29 bits per heavy atom. The highest BCUT2D eigenvalue weighted by molar-refractivity contribution is 7.99. The van der Waals surface area contributed by atoms with Gasteiger partial charge in [-0.15, -0.1) is 0 Å². The maximum Gasteiger partial charge on any atom is 0.410 e. The van der Waals surface area contributed by atoms with Crippen molar-refractivity contribution in [1.82, 2.24) is 4.90 Å². The van der Waals surface area contributed by atoms with Crippen LogP contribution < -0.4 is 0 Å². The second kappa shape index (κ2) is 4.43. The van der Waals surface area contributed by atoms with Gasteiger partial charge in [0.25, 0.3) is 0 Å². The highest BCUT2D eigenvalue weighted by atomic mass is 32.2. The first kappa shape index (κ1) is 11.7. The highest BCUT2D eigenvalue weighted by Gasteiger charge is 2.37. The van der Waals surface area contributed by atoms with Gasteiger partial charge in [0.05, 0.1) is 6.54 Å². The minimum Gasteiger partial charge on any atom is -0.441 e. The van der Waals surface area contributed by atoms with Gasteiger partial charge in [0.1, 0.15) is 5.60 Å². The molecule has 3 nitrogen and oxygen atoms in total. The molecule has 4 heteroatoms. The molecular formula is C10H19NO2S. The molecule has 1 atom stereocenters. The van der Waals surface area contributed by atoms with Crippen LogP contribution in [-0.2, 0) is 4.74 Å². The minimum absolute atomic E-state index is 0.164. The van der Waals surface area contributed by atoms with Crippen molar-refractivity contribution in [3.63, 3.8) is 0 Å². The van der Waals surface area contributed by atoms with Gasteiger partial charge >= 0.3 is 6.09 Å². The molecule has 0 aromatic carbocycles. The van der Waals surface area contributed by atoms with E-state index in [4.69, 9.17) is 4.74 Å². The molecular weight excluding hydrogens is 198 g/mol. The lowest BCUT2D eigenvalue weighted by atomic mass is 10.1. The number of hydrogen-bond acceptors (Lipinski definition) is 3. The average Bonchev–Trinajstić information content (AvgIpc) is 2.35. The standard InChI is InChI=1S/C10H19NO2S/c1-5-8(14-4)6-11-7-10(2,3)13-9(11)12/h8H,5-7H2,1-4H3/t8-/m0/s1. The lowest BCUT2D eigenvalue weighted by Crippen LogP contribution is -2.33. The number of cyclic esters (lactones) is 1. The molecule has 0 bridgehead atoms. The van der Waals surface area contributed by atoms with Crippen molar-refractivity contribution >= 4 is 17.9 Å². The summed E-state index contributed by atoms with van der Waals surface area (Å²) in [4.78, 5) is 13.3. The van der Waals surface area contributed by atoms with Crippen molar-refractivity contribution in [2.45, 2.75) is 38.0 Å². The molecule has 1 saturated heterocycles. The number of carbonyl (C=O) groups is 1. The van der Waals surface area contributed by atoms with E-state index in [0.717, 1.165) is 13.0 Å². The number of amides is 1. The van der Waals surface area contributed by atoms with E-state index in [0.29, 0.717) is 11.8 Å². The third kappa shape index (κ3) is 2.80. The molecule has 0 N–H and O–H groups in total. The summed E-state index contributed by atoms with van der Waals surface area (Å²) in [6.07, 6.45) is 3.01. The van der Waals surface area contributed by atoms with Gasteiger partial charge in [-0.2, -0.15) is 11.8 Å². The Kier molecular flexibility index (Phi) is 3.70. The summed E-state index contributed by atoms with van der Waals surface area (Å²) in [5.41, 5.74) is -0.312. The Labute approximate surface area is 90.2 Å². The molecule has 1 heterocycles.